The number of hydrogen-bond donors (Lipinski definition) is 3. The lowest BCUT2D eigenvalue weighted by Gasteiger charge is -2.21. The Hall–Kier alpha value is -2.26. The number of carbonyl (C=O) groups excluding carboxylic acids is 1. The van der Waals surface area contributed by atoms with Crippen molar-refractivity contribution in [1.29, 1.82) is 0 Å². The smallest absolute Gasteiger partial charge is 0.242 e. The van der Waals surface area contributed by atoms with Gasteiger partial charge in [0.25, 0.3) is 0 Å². The molecule has 2 aromatic rings. The number of nitrogens with zero attached hydrogens (tertiary/aromatic N) is 1. The van der Waals surface area contributed by atoms with Crippen LogP contribution in [0.3, 0.4) is 0 Å². The van der Waals surface area contributed by atoms with Crippen molar-refractivity contribution in [3.05, 3.63) is 65.7 Å². The molecule has 1 aliphatic heterocycles. The molecule has 1 aliphatic rings. The summed E-state index contributed by atoms with van der Waals surface area (Å²) in [6.45, 7) is 1.60. The molecule has 1 heterocycles. The van der Waals surface area contributed by atoms with Gasteiger partial charge in [-0.15, -0.1) is 0 Å². The SMILES string of the molecule is CS(=O)(=O)N1CCC[C@H]1C(=O)Nc1ccc(CCNC[C@H](O)c2ccccc2)cc1. The van der Waals surface area contributed by atoms with E-state index >= 15 is 0 Å². The van der Waals surface area contributed by atoms with Crippen LogP contribution in [0.4, 0.5) is 5.69 Å². The predicted octanol–water partition coefficient (Wildman–Crippen LogP) is 1.91. The van der Waals surface area contributed by atoms with Crippen LogP contribution < -0.4 is 10.6 Å². The number of anilines is 1. The standard InChI is InChI=1S/C22H29N3O4S/c1-30(28,29)25-15-5-8-20(25)22(27)24-19-11-9-17(10-12-19)13-14-23-16-21(26)18-6-3-2-4-7-18/h2-4,6-7,9-12,20-21,23,26H,5,8,13-16H2,1H3,(H,24,27)/t20-,21-/m0/s1. The summed E-state index contributed by atoms with van der Waals surface area (Å²) in [6.07, 6.45) is 2.62. The van der Waals surface area contributed by atoms with Crippen molar-refractivity contribution in [2.24, 2.45) is 0 Å². The molecule has 0 saturated carbocycles. The van der Waals surface area contributed by atoms with Crippen molar-refractivity contribution < 1.29 is 18.3 Å². The molecule has 0 bridgehead atoms. The minimum atomic E-state index is -3.38. The number of benzene rings is 2. The molecular weight excluding hydrogens is 402 g/mol. The monoisotopic (exact) mass is 431 g/mol. The van der Waals surface area contributed by atoms with E-state index in [9.17, 15) is 18.3 Å². The van der Waals surface area contributed by atoms with Crippen LogP contribution >= 0.6 is 0 Å². The molecule has 3 N–H and O–H groups in total. The van der Waals surface area contributed by atoms with Crippen LogP contribution in [0.15, 0.2) is 54.6 Å². The average molecular weight is 432 g/mol. The number of sulfonamides is 1. The van der Waals surface area contributed by atoms with E-state index in [2.05, 4.69) is 10.6 Å². The van der Waals surface area contributed by atoms with Gasteiger partial charge in [0.15, 0.2) is 0 Å². The van der Waals surface area contributed by atoms with Gasteiger partial charge in [0.1, 0.15) is 6.04 Å². The first kappa shape index (κ1) is 22.4. The van der Waals surface area contributed by atoms with Gasteiger partial charge in [0.2, 0.25) is 15.9 Å². The summed E-state index contributed by atoms with van der Waals surface area (Å²) in [4.78, 5) is 12.5. The number of rotatable bonds is 9. The Kier molecular flexibility index (Phi) is 7.60. The molecule has 2 atom stereocenters. The fourth-order valence-corrected chi connectivity index (χ4v) is 4.77. The molecule has 30 heavy (non-hydrogen) atoms. The largest absolute Gasteiger partial charge is 0.387 e. The zero-order valence-electron chi connectivity index (χ0n) is 17.1. The Labute approximate surface area is 178 Å². The zero-order valence-corrected chi connectivity index (χ0v) is 17.9. The van der Waals surface area contributed by atoms with E-state index < -0.39 is 22.2 Å². The summed E-state index contributed by atoms with van der Waals surface area (Å²) in [5.41, 5.74) is 2.65. The van der Waals surface area contributed by atoms with E-state index in [1.54, 1.807) is 0 Å². The van der Waals surface area contributed by atoms with Crippen LogP contribution in [0.2, 0.25) is 0 Å². The fourth-order valence-electron chi connectivity index (χ4n) is 3.64. The van der Waals surface area contributed by atoms with Gasteiger partial charge in [-0.3, -0.25) is 4.79 Å². The summed E-state index contributed by atoms with van der Waals surface area (Å²) in [6, 6.07) is 16.4. The number of amides is 1. The van der Waals surface area contributed by atoms with Crippen molar-refractivity contribution >= 4 is 21.6 Å². The molecule has 0 radical (unpaired) electrons. The minimum absolute atomic E-state index is 0.290. The maximum absolute atomic E-state index is 12.5. The second kappa shape index (κ2) is 10.2. The molecule has 0 unspecified atom stereocenters. The molecule has 3 rings (SSSR count). The number of aliphatic hydroxyl groups is 1. The van der Waals surface area contributed by atoms with Gasteiger partial charge in [0.05, 0.1) is 12.4 Å². The van der Waals surface area contributed by atoms with Crippen LogP contribution in [0, 0.1) is 0 Å². The maximum atomic E-state index is 12.5. The molecule has 1 fully saturated rings. The van der Waals surface area contributed by atoms with Gasteiger partial charge < -0.3 is 15.7 Å². The average Bonchev–Trinajstić information content (AvgIpc) is 3.24. The Balaban J connectivity index is 1.44. The normalized spacial score (nSPS) is 18.3. The van der Waals surface area contributed by atoms with Crippen LogP contribution in [0.1, 0.15) is 30.1 Å². The van der Waals surface area contributed by atoms with E-state index in [-0.39, 0.29) is 5.91 Å². The summed E-state index contributed by atoms with van der Waals surface area (Å²) in [5, 5.41) is 16.2. The van der Waals surface area contributed by atoms with Gasteiger partial charge >= 0.3 is 0 Å². The molecule has 1 amide bonds. The number of carbonyl (C=O) groups is 1. The third-order valence-electron chi connectivity index (χ3n) is 5.27. The highest BCUT2D eigenvalue weighted by atomic mass is 32.2. The molecule has 162 valence electrons. The molecule has 1 saturated heterocycles. The summed E-state index contributed by atoms with van der Waals surface area (Å²) >= 11 is 0. The number of hydrogen-bond acceptors (Lipinski definition) is 5. The van der Waals surface area contributed by atoms with Gasteiger partial charge in [0, 0.05) is 18.8 Å². The van der Waals surface area contributed by atoms with Crippen molar-refractivity contribution in [1.82, 2.24) is 9.62 Å². The highest BCUT2D eigenvalue weighted by Gasteiger charge is 2.36. The lowest BCUT2D eigenvalue weighted by atomic mass is 10.1. The van der Waals surface area contributed by atoms with E-state index in [0.717, 1.165) is 30.3 Å². The predicted molar refractivity (Wildman–Crippen MR) is 118 cm³/mol. The van der Waals surface area contributed by atoms with Crippen molar-refractivity contribution in [2.45, 2.75) is 31.4 Å². The molecule has 2 aromatic carbocycles. The second-order valence-electron chi connectivity index (χ2n) is 7.60. The Morgan fingerprint density at radius 3 is 2.53 bits per heavy atom. The first-order chi connectivity index (χ1) is 14.3. The molecule has 8 heteroatoms. The summed E-state index contributed by atoms with van der Waals surface area (Å²) in [7, 11) is -3.38. The van der Waals surface area contributed by atoms with Gasteiger partial charge in [-0.25, -0.2) is 8.42 Å². The van der Waals surface area contributed by atoms with Crippen molar-refractivity contribution in [3.63, 3.8) is 0 Å². The number of nitrogens with one attached hydrogen (secondary N) is 2. The minimum Gasteiger partial charge on any atom is -0.387 e. The molecule has 0 spiro atoms. The van der Waals surface area contributed by atoms with E-state index in [4.69, 9.17) is 0 Å². The van der Waals surface area contributed by atoms with E-state index in [1.165, 1.54) is 4.31 Å². The van der Waals surface area contributed by atoms with Crippen LogP contribution in [-0.4, -0.2) is 55.7 Å². The number of aliphatic hydroxyl groups excluding tert-OH is 1. The quantitative estimate of drug-likeness (QED) is 0.527. The molecule has 7 nitrogen and oxygen atoms in total. The van der Waals surface area contributed by atoms with Crippen molar-refractivity contribution in [3.8, 4) is 0 Å². The lowest BCUT2D eigenvalue weighted by Crippen LogP contribution is -2.42. The highest BCUT2D eigenvalue weighted by Crippen LogP contribution is 2.22. The van der Waals surface area contributed by atoms with Gasteiger partial charge in [-0.1, -0.05) is 42.5 Å². The lowest BCUT2D eigenvalue weighted by molar-refractivity contribution is -0.119. The van der Waals surface area contributed by atoms with E-state index in [1.807, 2.05) is 54.6 Å². The first-order valence-electron chi connectivity index (χ1n) is 10.1. The van der Waals surface area contributed by atoms with Crippen LogP contribution in [0.25, 0.3) is 0 Å². The summed E-state index contributed by atoms with van der Waals surface area (Å²) < 4.78 is 24.9. The Morgan fingerprint density at radius 1 is 1.17 bits per heavy atom. The fraction of sp³-hybridized carbons (Fsp3) is 0.409. The van der Waals surface area contributed by atoms with Gasteiger partial charge in [-0.05, 0) is 49.1 Å². The third-order valence-corrected chi connectivity index (χ3v) is 6.56. The Morgan fingerprint density at radius 2 is 1.87 bits per heavy atom. The topological polar surface area (TPSA) is 98.7 Å². The molecule has 0 aliphatic carbocycles. The highest BCUT2D eigenvalue weighted by molar-refractivity contribution is 7.88. The van der Waals surface area contributed by atoms with Crippen LogP contribution in [-0.2, 0) is 21.2 Å². The van der Waals surface area contributed by atoms with Crippen molar-refractivity contribution in [2.75, 3.05) is 31.2 Å². The maximum Gasteiger partial charge on any atom is 0.242 e. The van der Waals surface area contributed by atoms with Gasteiger partial charge in [-0.2, -0.15) is 4.31 Å². The van der Waals surface area contributed by atoms with Crippen LogP contribution in [0.5, 0.6) is 0 Å². The first-order valence-corrected chi connectivity index (χ1v) is 12.0. The van der Waals surface area contributed by atoms with E-state index in [0.29, 0.717) is 31.6 Å². The third kappa shape index (κ3) is 6.12. The second-order valence-corrected chi connectivity index (χ2v) is 9.53. The molecular formula is C22H29N3O4S. The molecule has 0 aromatic heterocycles. The summed E-state index contributed by atoms with van der Waals surface area (Å²) in [5.74, 6) is -0.290. The Bertz CT molecular complexity index is 933. The zero-order chi connectivity index (χ0) is 21.6.